The number of thiophene rings is 1. The summed E-state index contributed by atoms with van der Waals surface area (Å²) in [5.74, 6) is 3.32. The van der Waals surface area contributed by atoms with E-state index >= 15 is 0 Å². The maximum Gasteiger partial charge on any atom is 0.165 e. The minimum absolute atomic E-state index is 0.0851. The van der Waals surface area contributed by atoms with Crippen LogP contribution in [0.25, 0.3) is 20.4 Å². The van der Waals surface area contributed by atoms with Gasteiger partial charge in [-0.05, 0) is 35.4 Å². The lowest BCUT2D eigenvalue weighted by atomic mass is 9.85. The summed E-state index contributed by atoms with van der Waals surface area (Å²) < 4.78 is 12.1. The van der Waals surface area contributed by atoms with Crippen LogP contribution in [-0.2, 0) is 18.4 Å². The molecule has 1 aliphatic rings. The Hall–Kier alpha value is -3.13. The van der Waals surface area contributed by atoms with Crippen molar-refractivity contribution < 1.29 is 9.47 Å². The summed E-state index contributed by atoms with van der Waals surface area (Å²) in [7, 11) is 7.45. The van der Waals surface area contributed by atoms with Gasteiger partial charge in [-0.15, -0.1) is 11.3 Å². The summed E-state index contributed by atoms with van der Waals surface area (Å²) in [6.45, 7) is 5.22. The van der Waals surface area contributed by atoms with Crippen LogP contribution in [0.1, 0.15) is 37.0 Å². The van der Waals surface area contributed by atoms with Crippen LogP contribution in [0.2, 0.25) is 0 Å². The summed E-state index contributed by atoms with van der Waals surface area (Å²) in [5.41, 5.74) is 4.81. The first-order valence-electron chi connectivity index (χ1n) is 11.1. The van der Waals surface area contributed by atoms with Crippen molar-refractivity contribution in [3.05, 3.63) is 41.2 Å². The van der Waals surface area contributed by atoms with Crippen molar-refractivity contribution in [1.29, 1.82) is 0 Å². The first-order chi connectivity index (χ1) is 15.9. The standard InChI is InChI=1S/C25H29N5O2S/c1-25(2)11-10-15-18(25)17-19-21(33-24(17)29-23(15)30(3)4)22(28-13-27-19)26-12-14-8-7-9-16(31-5)20(14)32-6/h7-9,13H,10-12H2,1-6H3,(H,26,27,28). The van der Waals surface area contributed by atoms with Crippen LogP contribution in [-0.4, -0.2) is 43.3 Å². The van der Waals surface area contributed by atoms with Crippen LogP contribution >= 0.6 is 11.3 Å². The Bertz CT molecular complexity index is 1360. The second kappa shape index (κ2) is 8.02. The highest BCUT2D eigenvalue weighted by atomic mass is 32.1. The summed E-state index contributed by atoms with van der Waals surface area (Å²) in [6, 6.07) is 5.89. The topological polar surface area (TPSA) is 72.4 Å². The van der Waals surface area contributed by atoms with E-state index in [0.717, 1.165) is 50.8 Å². The van der Waals surface area contributed by atoms with Crippen LogP contribution in [0.5, 0.6) is 11.5 Å². The number of rotatable bonds is 6. The minimum atomic E-state index is 0.0851. The summed E-state index contributed by atoms with van der Waals surface area (Å²) in [5, 5.41) is 4.69. The molecule has 0 amide bonds. The SMILES string of the molecule is COc1cccc(CNc2ncnc3c2sc2nc(N(C)C)c4c(c23)C(C)(C)CC4)c1OC. The normalized spacial score (nSPS) is 14.5. The van der Waals surface area contributed by atoms with Gasteiger partial charge in [0, 0.05) is 31.6 Å². The molecule has 3 aromatic heterocycles. The van der Waals surface area contributed by atoms with Crippen molar-refractivity contribution in [1.82, 2.24) is 15.0 Å². The van der Waals surface area contributed by atoms with E-state index in [0.29, 0.717) is 12.3 Å². The molecular formula is C25H29N5O2S. The van der Waals surface area contributed by atoms with Gasteiger partial charge in [-0.25, -0.2) is 15.0 Å². The van der Waals surface area contributed by atoms with Gasteiger partial charge < -0.3 is 19.7 Å². The van der Waals surface area contributed by atoms with E-state index in [2.05, 4.69) is 43.1 Å². The van der Waals surface area contributed by atoms with E-state index in [-0.39, 0.29) is 5.41 Å². The van der Waals surface area contributed by atoms with E-state index in [4.69, 9.17) is 19.4 Å². The van der Waals surface area contributed by atoms with Crippen molar-refractivity contribution in [3.8, 4) is 11.5 Å². The number of nitrogens with zero attached hydrogens (tertiary/aromatic N) is 4. The smallest absolute Gasteiger partial charge is 0.165 e. The highest BCUT2D eigenvalue weighted by Crippen LogP contribution is 2.49. The molecule has 0 saturated heterocycles. The number of methoxy groups -OCH3 is 2. The predicted octanol–water partition coefficient (Wildman–Crippen LogP) is 5.16. The predicted molar refractivity (Wildman–Crippen MR) is 135 cm³/mol. The third-order valence-corrected chi connectivity index (χ3v) is 7.59. The third-order valence-electron chi connectivity index (χ3n) is 6.51. The highest BCUT2D eigenvalue weighted by Gasteiger charge is 2.36. The number of para-hydroxylation sites is 1. The Morgan fingerprint density at radius 1 is 1.15 bits per heavy atom. The number of hydrogen-bond donors (Lipinski definition) is 1. The molecule has 4 aromatic rings. The Balaban J connectivity index is 1.63. The van der Waals surface area contributed by atoms with Crippen LogP contribution < -0.4 is 19.7 Å². The van der Waals surface area contributed by atoms with Crippen molar-refractivity contribution in [2.75, 3.05) is 38.5 Å². The van der Waals surface area contributed by atoms with Crippen molar-refractivity contribution in [2.45, 2.75) is 38.6 Å². The van der Waals surface area contributed by atoms with E-state index in [1.807, 2.05) is 18.2 Å². The minimum Gasteiger partial charge on any atom is -0.493 e. The van der Waals surface area contributed by atoms with Gasteiger partial charge in [0.2, 0.25) is 0 Å². The van der Waals surface area contributed by atoms with E-state index in [1.54, 1.807) is 31.9 Å². The zero-order chi connectivity index (χ0) is 23.3. The number of hydrogen-bond acceptors (Lipinski definition) is 8. The van der Waals surface area contributed by atoms with Crippen LogP contribution in [0.3, 0.4) is 0 Å². The quantitative estimate of drug-likeness (QED) is 0.423. The number of anilines is 2. The largest absolute Gasteiger partial charge is 0.493 e. The zero-order valence-electron chi connectivity index (χ0n) is 19.9. The van der Waals surface area contributed by atoms with Gasteiger partial charge in [0.05, 0.1) is 24.4 Å². The number of aromatic nitrogens is 3. The van der Waals surface area contributed by atoms with Gasteiger partial charge in [0.15, 0.2) is 11.5 Å². The van der Waals surface area contributed by atoms with Crippen LogP contribution in [0.4, 0.5) is 11.6 Å². The molecule has 172 valence electrons. The van der Waals surface area contributed by atoms with Gasteiger partial charge in [0.1, 0.15) is 22.8 Å². The van der Waals surface area contributed by atoms with E-state index in [9.17, 15) is 0 Å². The molecule has 0 aliphatic heterocycles. The molecule has 1 aromatic carbocycles. The summed E-state index contributed by atoms with van der Waals surface area (Å²) in [4.78, 5) is 17.5. The van der Waals surface area contributed by atoms with E-state index in [1.165, 1.54) is 16.5 Å². The first kappa shape index (κ1) is 21.7. The molecule has 0 bridgehead atoms. The second-order valence-electron chi connectivity index (χ2n) is 9.26. The van der Waals surface area contributed by atoms with E-state index < -0.39 is 0 Å². The molecule has 8 heteroatoms. The maximum absolute atomic E-state index is 5.59. The fourth-order valence-electron chi connectivity index (χ4n) is 4.94. The molecule has 0 unspecified atom stereocenters. The van der Waals surface area contributed by atoms with Gasteiger partial charge in [-0.1, -0.05) is 26.0 Å². The highest BCUT2D eigenvalue weighted by molar-refractivity contribution is 7.26. The Morgan fingerprint density at radius 3 is 2.70 bits per heavy atom. The Kier molecular flexibility index (Phi) is 5.28. The first-order valence-corrected chi connectivity index (χ1v) is 11.9. The average Bonchev–Trinajstić information content (AvgIpc) is 3.33. The Labute approximate surface area is 197 Å². The second-order valence-corrected chi connectivity index (χ2v) is 10.3. The lowest BCUT2D eigenvalue weighted by Gasteiger charge is -2.22. The summed E-state index contributed by atoms with van der Waals surface area (Å²) in [6.07, 6.45) is 3.81. The molecule has 0 atom stereocenters. The third kappa shape index (κ3) is 3.44. The molecule has 0 spiro atoms. The molecule has 3 heterocycles. The van der Waals surface area contributed by atoms with Gasteiger partial charge >= 0.3 is 0 Å². The molecule has 33 heavy (non-hydrogen) atoms. The van der Waals surface area contributed by atoms with Crippen molar-refractivity contribution in [3.63, 3.8) is 0 Å². The monoisotopic (exact) mass is 463 g/mol. The van der Waals surface area contributed by atoms with Gasteiger partial charge in [-0.3, -0.25) is 0 Å². The number of nitrogens with one attached hydrogen (secondary N) is 1. The molecule has 0 fully saturated rings. The van der Waals surface area contributed by atoms with Gasteiger partial charge in [-0.2, -0.15) is 0 Å². The molecule has 1 aliphatic carbocycles. The molecular weight excluding hydrogens is 434 g/mol. The maximum atomic E-state index is 5.59. The number of pyridine rings is 1. The van der Waals surface area contributed by atoms with Crippen molar-refractivity contribution in [2.24, 2.45) is 0 Å². The average molecular weight is 464 g/mol. The molecule has 0 radical (unpaired) electrons. The molecule has 1 N–H and O–H groups in total. The lowest BCUT2D eigenvalue weighted by Crippen LogP contribution is -2.16. The lowest BCUT2D eigenvalue weighted by molar-refractivity contribution is 0.352. The number of benzene rings is 1. The number of fused-ring (bicyclic) bond motifs is 5. The Morgan fingerprint density at radius 2 is 1.97 bits per heavy atom. The molecule has 0 saturated carbocycles. The molecule has 7 nitrogen and oxygen atoms in total. The zero-order valence-corrected chi connectivity index (χ0v) is 20.8. The number of ether oxygens (including phenoxy) is 2. The fourth-order valence-corrected chi connectivity index (χ4v) is 6.04. The fraction of sp³-hybridized carbons (Fsp3) is 0.400. The van der Waals surface area contributed by atoms with Crippen LogP contribution in [0, 0.1) is 0 Å². The van der Waals surface area contributed by atoms with Crippen LogP contribution in [0.15, 0.2) is 24.5 Å². The van der Waals surface area contributed by atoms with Crippen molar-refractivity contribution >= 4 is 43.4 Å². The molecule has 5 rings (SSSR count). The summed E-state index contributed by atoms with van der Waals surface area (Å²) >= 11 is 1.66. The van der Waals surface area contributed by atoms with Gasteiger partial charge in [0.25, 0.3) is 0 Å².